The van der Waals surface area contributed by atoms with Crippen molar-refractivity contribution in [1.82, 2.24) is 9.55 Å². The molecule has 6 heteroatoms. The first-order chi connectivity index (χ1) is 35.8. The number of pyridine rings is 1. The van der Waals surface area contributed by atoms with Crippen LogP contribution in [0, 0.1) is 6.85 Å². The van der Waals surface area contributed by atoms with Crippen LogP contribution in [0.25, 0.3) is 61.0 Å². The molecular formula is C63H54N4O2. The molecule has 10 aromatic rings. The highest BCUT2D eigenvalue weighted by atomic mass is 16.5. The highest BCUT2D eigenvalue weighted by molar-refractivity contribution is 6.10. The minimum absolute atomic E-state index is 0.00751. The molecule has 0 N–H and O–H groups in total. The van der Waals surface area contributed by atoms with Gasteiger partial charge in [0.25, 0.3) is 0 Å². The average Bonchev–Trinajstić information content (AvgIpc) is 4.01. The molecular weight excluding hydrogens is 845 g/mol. The van der Waals surface area contributed by atoms with Gasteiger partial charge in [0.15, 0.2) is 0 Å². The lowest BCUT2D eigenvalue weighted by molar-refractivity contribution is 0.479. The summed E-state index contributed by atoms with van der Waals surface area (Å²) in [6.45, 7) is 10.6. The maximum atomic E-state index is 9.62. The summed E-state index contributed by atoms with van der Waals surface area (Å²) in [5.41, 5.74) is 11.5. The fraction of sp³-hybridized carbons (Fsp3) is 0.159. The summed E-state index contributed by atoms with van der Waals surface area (Å²) in [5, 5.41) is 1.27. The molecule has 7 heterocycles. The Morgan fingerprint density at radius 2 is 1.22 bits per heavy atom. The second-order valence-corrected chi connectivity index (χ2v) is 20.1. The van der Waals surface area contributed by atoms with E-state index in [1.807, 2.05) is 92.1 Å². The molecule has 5 aliphatic heterocycles. The van der Waals surface area contributed by atoms with Gasteiger partial charge in [0.05, 0.1) is 32.2 Å². The number of aromatic nitrogens is 2. The van der Waals surface area contributed by atoms with Crippen LogP contribution in [-0.4, -0.2) is 16.2 Å². The van der Waals surface area contributed by atoms with Crippen LogP contribution in [-0.2, 0) is 10.8 Å². The van der Waals surface area contributed by atoms with Gasteiger partial charge < -0.3 is 19.3 Å². The molecule has 5 aliphatic rings. The highest BCUT2D eigenvalue weighted by Gasteiger charge is 2.33. The van der Waals surface area contributed by atoms with E-state index in [2.05, 4.69) is 116 Å². The van der Waals surface area contributed by atoms with Crippen molar-refractivity contribution in [2.24, 2.45) is 0 Å². The Labute approximate surface area is 413 Å². The monoisotopic (exact) mass is 904 g/mol. The number of ether oxygens (including phenoxy) is 2. The van der Waals surface area contributed by atoms with Crippen molar-refractivity contribution in [3.63, 3.8) is 0 Å². The van der Waals surface area contributed by atoms with E-state index in [-0.39, 0.29) is 34.9 Å². The van der Waals surface area contributed by atoms with Gasteiger partial charge in [-0.05, 0) is 148 Å². The summed E-state index contributed by atoms with van der Waals surface area (Å²) in [6.07, 6.45) is 1.68. The maximum absolute atomic E-state index is 9.62. The number of fused-ring (bicyclic) bond motifs is 6. The van der Waals surface area contributed by atoms with Crippen LogP contribution in [0.15, 0.2) is 188 Å². The van der Waals surface area contributed by atoms with Crippen LogP contribution < -0.4 is 19.3 Å². The third-order valence-electron chi connectivity index (χ3n) is 13.4. The maximum Gasteiger partial charge on any atom is 0.137 e. The first-order valence-electron chi connectivity index (χ1n) is 26.5. The zero-order valence-electron chi connectivity index (χ0n) is 45.5. The summed E-state index contributed by atoms with van der Waals surface area (Å²) in [4.78, 5) is 9.65. The Morgan fingerprint density at radius 1 is 0.536 bits per heavy atom. The number of para-hydroxylation sites is 2. The molecule has 0 spiro atoms. The second-order valence-electron chi connectivity index (χ2n) is 20.1. The van der Waals surface area contributed by atoms with Gasteiger partial charge in [0.1, 0.15) is 35.5 Å². The molecule has 0 atom stereocenters. The van der Waals surface area contributed by atoms with Gasteiger partial charge in [-0.1, -0.05) is 114 Å². The first-order valence-corrected chi connectivity index (χ1v) is 23.5. The van der Waals surface area contributed by atoms with Gasteiger partial charge in [-0.3, -0.25) is 4.57 Å². The zero-order valence-corrected chi connectivity index (χ0v) is 39.5. The number of hydrogen-bond donors (Lipinski definition) is 0. The molecule has 0 amide bonds. The molecule has 15 rings (SSSR count). The van der Waals surface area contributed by atoms with E-state index in [1.54, 1.807) is 18.3 Å². The minimum atomic E-state index is -2.52. The zero-order chi connectivity index (χ0) is 52.3. The van der Waals surface area contributed by atoms with E-state index in [1.165, 1.54) is 5.56 Å². The molecule has 0 radical (unpaired) electrons. The molecule has 6 nitrogen and oxygen atoms in total. The van der Waals surface area contributed by atoms with Crippen LogP contribution in [0.1, 0.15) is 66.5 Å². The van der Waals surface area contributed by atoms with E-state index in [0.717, 1.165) is 50.4 Å². The molecule has 2 aromatic heterocycles. The van der Waals surface area contributed by atoms with Crippen molar-refractivity contribution in [3.05, 3.63) is 205 Å². The normalized spacial score (nSPS) is 14.7. The summed E-state index contributed by atoms with van der Waals surface area (Å²) < 4.78 is 69.5. The van der Waals surface area contributed by atoms with Crippen molar-refractivity contribution in [2.75, 3.05) is 16.5 Å². The Morgan fingerprint density at radius 3 is 1.94 bits per heavy atom. The number of rotatable bonds is 1. The lowest BCUT2D eigenvalue weighted by Crippen LogP contribution is -2.25. The van der Waals surface area contributed by atoms with Gasteiger partial charge in [0, 0.05) is 55.6 Å². The summed E-state index contributed by atoms with van der Waals surface area (Å²) in [7, 11) is 0. The second kappa shape index (κ2) is 16.0. The van der Waals surface area contributed by atoms with Crippen molar-refractivity contribution in [3.8, 4) is 62.2 Å². The Balaban J connectivity index is 1.10. The van der Waals surface area contributed by atoms with Crippen molar-refractivity contribution < 1.29 is 17.7 Å². The van der Waals surface area contributed by atoms with E-state index >= 15 is 0 Å². The lowest BCUT2D eigenvalue weighted by Gasteiger charge is -2.30. The van der Waals surface area contributed by atoms with Gasteiger partial charge in [0.2, 0.25) is 0 Å². The Bertz CT molecular complexity index is 3910. The van der Waals surface area contributed by atoms with Crippen LogP contribution in [0.5, 0.6) is 23.0 Å². The topological polar surface area (TPSA) is 42.8 Å². The van der Waals surface area contributed by atoms with Crippen LogP contribution in [0.2, 0.25) is 0 Å². The quantitative estimate of drug-likeness (QED) is 0.164. The summed E-state index contributed by atoms with van der Waals surface area (Å²) in [6, 6.07) is 54.4. The third-order valence-corrected chi connectivity index (χ3v) is 13.4. The van der Waals surface area contributed by atoms with E-state index < -0.39 is 12.3 Å². The molecule has 0 aliphatic carbocycles. The molecule has 0 saturated carbocycles. The molecule has 0 saturated heterocycles. The number of hydrogen-bond acceptors (Lipinski definition) is 5. The molecule has 338 valence electrons. The van der Waals surface area contributed by atoms with Gasteiger partial charge in [-0.2, -0.15) is 0 Å². The average molecular weight is 905 g/mol. The van der Waals surface area contributed by atoms with Crippen molar-refractivity contribution in [1.29, 1.82) is 0 Å². The number of aryl methyl sites for hydroxylation is 1. The molecule has 12 bridgehead atoms. The highest BCUT2D eigenvalue weighted by Crippen LogP contribution is 2.52. The van der Waals surface area contributed by atoms with Crippen LogP contribution in [0.3, 0.4) is 0 Å². The van der Waals surface area contributed by atoms with Gasteiger partial charge in [-0.25, -0.2) is 4.98 Å². The van der Waals surface area contributed by atoms with Crippen molar-refractivity contribution in [2.45, 2.75) is 59.2 Å². The number of benzene rings is 8. The van der Waals surface area contributed by atoms with Crippen molar-refractivity contribution >= 4 is 44.6 Å². The molecule has 69 heavy (non-hydrogen) atoms. The summed E-state index contributed by atoms with van der Waals surface area (Å²) >= 11 is 0. The SMILES string of the molecule is [2H]c1c(C(C)(C)C)c([2H])c2c3ccc4cc3n(c2c1[2H])-c1ccc(cn1)-c1ccc(c(C([2H])([2H])[2H])c1)Oc1ccc(cc1)-c1cc(C(C)(C)C)cc(-c2ccccc2)c1N1CN(c2cccc(c2)O4)c2ccccc21. The van der Waals surface area contributed by atoms with Gasteiger partial charge in [-0.15, -0.1) is 0 Å². The molecule has 0 fully saturated rings. The predicted molar refractivity (Wildman–Crippen MR) is 286 cm³/mol. The largest absolute Gasteiger partial charge is 0.457 e. The first kappa shape index (κ1) is 36.0. The van der Waals surface area contributed by atoms with Crippen LogP contribution in [0.4, 0.5) is 22.7 Å². The lowest BCUT2D eigenvalue weighted by atomic mass is 9.82. The Kier molecular flexibility index (Phi) is 8.36. The van der Waals surface area contributed by atoms with Crippen LogP contribution >= 0.6 is 0 Å². The minimum Gasteiger partial charge on any atom is -0.457 e. The fourth-order valence-corrected chi connectivity index (χ4v) is 9.68. The Hall–Kier alpha value is -8.09. The molecule has 8 aromatic carbocycles. The fourth-order valence-electron chi connectivity index (χ4n) is 9.68. The van der Waals surface area contributed by atoms with E-state index in [0.29, 0.717) is 62.8 Å². The smallest absolute Gasteiger partial charge is 0.137 e. The van der Waals surface area contributed by atoms with Gasteiger partial charge >= 0.3 is 0 Å². The van der Waals surface area contributed by atoms with E-state index in [9.17, 15) is 4.11 Å². The summed E-state index contributed by atoms with van der Waals surface area (Å²) in [5.74, 6) is 2.32. The number of nitrogens with zero attached hydrogens (tertiary/aromatic N) is 4. The molecule has 0 unspecified atom stereocenters. The predicted octanol–water partition coefficient (Wildman–Crippen LogP) is 17.2. The number of anilines is 4. The van der Waals surface area contributed by atoms with E-state index in [4.69, 9.17) is 18.6 Å². The third kappa shape index (κ3) is 7.48. The standard InChI is InChI=1S/C63H54N4O2/c1-40-32-43-22-30-59(40)69-48-25-20-42(21-26-48)53-35-46(63(5,6)7)34-52(41-14-9-8-10-15-41)61(53)66-39-65(56-18-11-12-19-57(56)66)47-16-13-17-49(36-47)68-50-27-28-51-54-33-45(62(2,3)4)24-29-55(54)67(58(51)37-50)60-31-23-44(43)38-64-60/h8-38H,39H2,1-7H3/i1D3,24D,29D,33D.